The summed E-state index contributed by atoms with van der Waals surface area (Å²) in [5.74, 6) is 1.69. The normalized spacial score (nSPS) is 23.7. The highest BCUT2D eigenvalue weighted by Crippen LogP contribution is 2.27. The van der Waals surface area contributed by atoms with E-state index in [1.807, 2.05) is 34.6 Å². The number of amides is 1. The predicted molar refractivity (Wildman–Crippen MR) is 87.4 cm³/mol. The fraction of sp³-hybridized carbons (Fsp3) is 0.941. The first-order valence-corrected chi connectivity index (χ1v) is 8.29. The number of hydrogen-bond donors (Lipinski definition) is 2. The zero-order valence-corrected chi connectivity index (χ0v) is 14.7. The topological polar surface area (TPSA) is 50.4 Å². The number of nitrogens with one attached hydrogen (secondary N) is 2. The molecule has 1 amide bonds. The lowest BCUT2D eigenvalue weighted by atomic mass is 9.83. The summed E-state index contributed by atoms with van der Waals surface area (Å²) in [5, 5.41) is 6.44. The standard InChI is InChI=1S/C17H34N2O2/c1-13-7-9-14(10-8-13)11-18-12-17(5,6)19-15(20)21-16(2,3)4/h13-14,18H,7-12H2,1-6H3,(H,19,20). The molecule has 0 aliphatic heterocycles. The molecule has 0 radical (unpaired) electrons. The zero-order valence-electron chi connectivity index (χ0n) is 14.7. The van der Waals surface area contributed by atoms with Gasteiger partial charge in [0.1, 0.15) is 5.60 Å². The van der Waals surface area contributed by atoms with Gasteiger partial charge in [-0.3, -0.25) is 0 Å². The third kappa shape index (κ3) is 8.30. The van der Waals surface area contributed by atoms with Crippen LogP contribution in [-0.2, 0) is 4.74 Å². The molecule has 0 unspecified atom stereocenters. The van der Waals surface area contributed by atoms with E-state index in [9.17, 15) is 4.79 Å². The maximum atomic E-state index is 11.8. The molecule has 4 nitrogen and oxygen atoms in total. The van der Waals surface area contributed by atoms with E-state index < -0.39 is 5.60 Å². The van der Waals surface area contributed by atoms with E-state index in [0.29, 0.717) is 0 Å². The molecule has 124 valence electrons. The first kappa shape index (κ1) is 18.3. The molecular weight excluding hydrogens is 264 g/mol. The van der Waals surface area contributed by atoms with Crippen LogP contribution in [0.5, 0.6) is 0 Å². The Morgan fingerprint density at radius 2 is 1.67 bits per heavy atom. The number of carbonyl (C=O) groups is 1. The van der Waals surface area contributed by atoms with Gasteiger partial charge in [0.05, 0.1) is 5.54 Å². The van der Waals surface area contributed by atoms with Crippen LogP contribution in [0.15, 0.2) is 0 Å². The molecule has 0 bridgehead atoms. The molecule has 4 heteroatoms. The molecule has 1 aliphatic carbocycles. The fourth-order valence-corrected chi connectivity index (χ4v) is 2.75. The van der Waals surface area contributed by atoms with Crippen LogP contribution >= 0.6 is 0 Å². The smallest absolute Gasteiger partial charge is 0.408 e. The Morgan fingerprint density at radius 1 is 1.10 bits per heavy atom. The molecule has 1 rings (SSSR count). The molecule has 0 spiro atoms. The predicted octanol–water partition coefficient (Wildman–Crippen LogP) is 3.71. The van der Waals surface area contributed by atoms with Crippen molar-refractivity contribution >= 4 is 6.09 Å². The van der Waals surface area contributed by atoms with E-state index >= 15 is 0 Å². The highest BCUT2D eigenvalue weighted by molar-refractivity contribution is 5.68. The Morgan fingerprint density at radius 3 is 2.19 bits per heavy atom. The summed E-state index contributed by atoms with van der Waals surface area (Å²) in [5.41, 5.74) is -0.753. The van der Waals surface area contributed by atoms with Crippen molar-refractivity contribution in [1.29, 1.82) is 0 Å². The average molecular weight is 298 g/mol. The van der Waals surface area contributed by atoms with Crippen LogP contribution < -0.4 is 10.6 Å². The quantitative estimate of drug-likeness (QED) is 0.813. The summed E-state index contributed by atoms with van der Waals surface area (Å²) in [6, 6.07) is 0. The average Bonchev–Trinajstić information content (AvgIpc) is 2.28. The van der Waals surface area contributed by atoms with Crippen LogP contribution in [0.4, 0.5) is 4.79 Å². The minimum atomic E-state index is -0.452. The van der Waals surface area contributed by atoms with Gasteiger partial charge >= 0.3 is 6.09 Å². The molecule has 0 atom stereocenters. The van der Waals surface area contributed by atoms with Crippen LogP contribution in [-0.4, -0.2) is 30.3 Å². The van der Waals surface area contributed by atoms with E-state index in [0.717, 1.165) is 24.9 Å². The van der Waals surface area contributed by atoms with Crippen molar-refractivity contribution in [2.45, 2.75) is 78.4 Å². The number of carbonyl (C=O) groups excluding carboxylic acids is 1. The van der Waals surface area contributed by atoms with Crippen molar-refractivity contribution in [3.05, 3.63) is 0 Å². The number of alkyl carbamates (subject to hydrolysis) is 1. The van der Waals surface area contributed by atoms with Gasteiger partial charge in [0.25, 0.3) is 0 Å². The van der Waals surface area contributed by atoms with E-state index in [4.69, 9.17) is 4.74 Å². The van der Waals surface area contributed by atoms with Crippen LogP contribution in [0.3, 0.4) is 0 Å². The van der Waals surface area contributed by atoms with Crippen LogP contribution in [0.2, 0.25) is 0 Å². The van der Waals surface area contributed by atoms with Crippen LogP contribution in [0, 0.1) is 11.8 Å². The molecule has 2 N–H and O–H groups in total. The molecule has 1 fully saturated rings. The molecule has 21 heavy (non-hydrogen) atoms. The Kier molecular flexibility index (Phi) is 6.51. The van der Waals surface area contributed by atoms with E-state index in [2.05, 4.69) is 17.6 Å². The van der Waals surface area contributed by atoms with Gasteiger partial charge in [-0.15, -0.1) is 0 Å². The second-order valence-electron chi connectivity index (χ2n) is 8.27. The maximum Gasteiger partial charge on any atom is 0.408 e. The van der Waals surface area contributed by atoms with Gasteiger partial charge in [0, 0.05) is 6.54 Å². The molecule has 0 aromatic carbocycles. The first-order valence-electron chi connectivity index (χ1n) is 8.29. The Labute approximate surface area is 130 Å². The van der Waals surface area contributed by atoms with Crippen molar-refractivity contribution in [2.24, 2.45) is 11.8 Å². The van der Waals surface area contributed by atoms with Gasteiger partial charge in [-0.05, 0) is 65.8 Å². The lowest BCUT2D eigenvalue weighted by Gasteiger charge is -2.31. The molecular formula is C17H34N2O2. The second kappa shape index (κ2) is 7.48. The summed E-state index contributed by atoms with van der Waals surface area (Å²) in [6.07, 6.45) is 5.01. The van der Waals surface area contributed by atoms with Gasteiger partial charge in [-0.2, -0.15) is 0 Å². The largest absolute Gasteiger partial charge is 0.444 e. The monoisotopic (exact) mass is 298 g/mol. The minimum absolute atomic E-state index is 0.301. The van der Waals surface area contributed by atoms with Crippen molar-refractivity contribution in [2.75, 3.05) is 13.1 Å². The summed E-state index contributed by atoms with van der Waals surface area (Å²) in [7, 11) is 0. The number of ether oxygens (including phenoxy) is 1. The fourth-order valence-electron chi connectivity index (χ4n) is 2.75. The Bertz CT molecular complexity index is 326. The summed E-state index contributed by atoms with van der Waals surface area (Å²) >= 11 is 0. The van der Waals surface area contributed by atoms with Crippen molar-refractivity contribution < 1.29 is 9.53 Å². The van der Waals surface area contributed by atoms with Crippen LogP contribution in [0.25, 0.3) is 0 Å². The minimum Gasteiger partial charge on any atom is -0.444 e. The molecule has 1 aliphatic rings. The summed E-state index contributed by atoms with van der Waals surface area (Å²) < 4.78 is 5.30. The van der Waals surface area contributed by atoms with Crippen molar-refractivity contribution in [1.82, 2.24) is 10.6 Å². The van der Waals surface area contributed by atoms with Gasteiger partial charge in [0.2, 0.25) is 0 Å². The lowest BCUT2D eigenvalue weighted by molar-refractivity contribution is 0.0471. The van der Waals surface area contributed by atoms with E-state index in [-0.39, 0.29) is 11.6 Å². The molecule has 1 saturated carbocycles. The third-order valence-electron chi connectivity index (χ3n) is 3.97. The molecule has 0 aromatic heterocycles. The third-order valence-corrected chi connectivity index (χ3v) is 3.97. The summed E-state index contributed by atoms with van der Waals surface area (Å²) in [4.78, 5) is 11.8. The molecule has 0 heterocycles. The maximum absolute atomic E-state index is 11.8. The molecule has 0 saturated heterocycles. The number of hydrogen-bond acceptors (Lipinski definition) is 3. The highest BCUT2D eigenvalue weighted by Gasteiger charge is 2.25. The van der Waals surface area contributed by atoms with E-state index in [1.54, 1.807) is 0 Å². The first-order chi connectivity index (χ1) is 9.57. The molecule has 0 aromatic rings. The zero-order chi connectivity index (χ0) is 16.1. The van der Waals surface area contributed by atoms with E-state index in [1.165, 1.54) is 25.7 Å². The van der Waals surface area contributed by atoms with Gasteiger partial charge in [-0.25, -0.2) is 4.79 Å². The van der Waals surface area contributed by atoms with Gasteiger partial charge in [-0.1, -0.05) is 19.8 Å². The lowest BCUT2D eigenvalue weighted by Crippen LogP contribution is -2.52. The Hall–Kier alpha value is -0.770. The van der Waals surface area contributed by atoms with Crippen molar-refractivity contribution in [3.63, 3.8) is 0 Å². The SMILES string of the molecule is CC1CCC(CNCC(C)(C)NC(=O)OC(C)(C)C)CC1. The second-order valence-corrected chi connectivity index (χ2v) is 8.27. The van der Waals surface area contributed by atoms with Crippen LogP contribution in [0.1, 0.15) is 67.2 Å². The Balaban J connectivity index is 2.24. The summed E-state index contributed by atoms with van der Waals surface area (Å²) in [6.45, 7) is 13.8. The van der Waals surface area contributed by atoms with Gasteiger partial charge < -0.3 is 15.4 Å². The van der Waals surface area contributed by atoms with Crippen molar-refractivity contribution in [3.8, 4) is 0 Å². The number of rotatable bonds is 5. The highest BCUT2D eigenvalue weighted by atomic mass is 16.6. The van der Waals surface area contributed by atoms with Gasteiger partial charge in [0.15, 0.2) is 0 Å².